The summed E-state index contributed by atoms with van der Waals surface area (Å²) < 4.78 is 0. The summed E-state index contributed by atoms with van der Waals surface area (Å²) in [6.45, 7) is 1.95. The van der Waals surface area contributed by atoms with Gasteiger partial charge in [-0.15, -0.1) is 0 Å². The number of nitrogens with one attached hydrogen (secondary N) is 1. The first-order valence-electron chi connectivity index (χ1n) is 4.03. The molecular weight excluding hydrogens is 170 g/mol. The number of carbonyl (C=O) groups excluding carboxylic acids is 1. The van der Waals surface area contributed by atoms with Crippen molar-refractivity contribution >= 4 is 5.91 Å². The van der Waals surface area contributed by atoms with Crippen molar-refractivity contribution in [1.29, 1.82) is 0 Å². The second-order valence-corrected chi connectivity index (χ2v) is 3.00. The van der Waals surface area contributed by atoms with Crippen LogP contribution in [0.1, 0.15) is 17.4 Å². The Morgan fingerprint density at radius 1 is 1.85 bits per heavy atom. The van der Waals surface area contributed by atoms with E-state index in [1.54, 1.807) is 14.0 Å². The van der Waals surface area contributed by atoms with Crippen LogP contribution in [0.5, 0.6) is 0 Å². The number of aromatic amines is 1. The minimum atomic E-state index is -0.517. The SMILES string of the molecule is CC(O)CN(C)C(=O)c1cnc[nH]1. The zero-order valence-corrected chi connectivity index (χ0v) is 7.69. The van der Waals surface area contributed by atoms with Gasteiger partial charge in [-0.1, -0.05) is 0 Å². The molecule has 0 radical (unpaired) electrons. The van der Waals surface area contributed by atoms with Crippen LogP contribution in [-0.2, 0) is 0 Å². The molecule has 0 aliphatic heterocycles. The first kappa shape index (κ1) is 9.73. The van der Waals surface area contributed by atoms with E-state index in [1.165, 1.54) is 17.4 Å². The normalized spacial score (nSPS) is 12.5. The highest BCUT2D eigenvalue weighted by molar-refractivity contribution is 5.91. The Kier molecular flexibility index (Phi) is 3.02. The van der Waals surface area contributed by atoms with Gasteiger partial charge in [-0.3, -0.25) is 4.79 Å². The zero-order valence-electron chi connectivity index (χ0n) is 7.69. The molecule has 0 bridgehead atoms. The van der Waals surface area contributed by atoms with Crippen LogP contribution in [0.4, 0.5) is 0 Å². The molecule has 0 fully saturated rings. The van der Waals surface area contributed by atoms with E-state index < -0.39 is 6.10 Å². The van der Waals surface area contributed by atoms with Crippen molar-refractivity contribution in [1.82, 2.24) is 14.9 Å². The number of hydrogen-bond acceptors (Lipinski definition) is 3. The smallest absolute Gasteiger partial charge is 0.271 e. The molecule has 1 unspecified atom stereocenters. The Morgan fingerprint density at radius 3 is 3.00 bits per heavy atom. The van der Waals surface area contributed by atoms with E-state index in [0.29, 0.717) is 12.2 Å². The van der Waals surface area contributed by atoms with E-state index in [4.69, 9.17) is 5.11 Å². The van der Waals surface area contributed by atoms with Gasteiger partial charge in [-0.2, -0.15) is 0 Å². The maximum absolute atomic E-state index is 11.5. The highest BCUT2D eigenvalue weighted by Gasteiger charge is 2.13. The number of aromatic nitrogens is 2. The topological polar surface area (TPSA) is 69.2 Å². The molecule has 1 rings (SSSR count). The van der Waals surface area contributed by atoms with Crippen LogP contribution in [0.3, 0.4) is 0 Å². The minimum Gasteiger partial charge on any atom is -0.392 e. The quantitative estimate of drug-likeness (QED) is 0.685. The van der Waals surface area contributed by atoms with Gasteiger partial charge in [0.1, 0.15) is 5.69 Å². The largest absolute Gasteiger partial charge is 0.392 e. The van der Waals surface area contributed by atoms with Crippen molar-refractivity contribution < 1.29 is 9.90 Å². The van der Waals surface area contributed by atoms with Crippen LogP contribution >= 0.6 is 0 Å². The Balaban J connectivity index is 2.58. The molecule has 0 saturated carbocycles. The van der Waals surface area contributed by atoms with Gasteiger partial charge in [0.05, 0.1) is 18.6 Å². The lowest BCUT2D eigenvalue weighted by Gasteiger charge is -2.17. The van der Waals surface area contributed by atoms with Gasteiger partial charge < -0.3 is 15.0 Å². The second kappa shape index (κ2) is 4.04. The van der Waals surface area contributed by atoms with Crippen LogP contribution in [-0.4, -0.2) is 45.6 Å². The Morgan fingerprint density at radius 2 is 2.54 bits per heavy atom. The van der Waals surface area contributed by atoms with E-state index >= 15 is 0 Å². The van der Waals surface area contributed by atoms with Crippen molar-refractivity contribution in [2.75, 3.05) is 13.6 Å². The van der Waals surface area contributed by atoms with Gasteiger partial charge in [0.15, 0.2) is 0 Å². The summed E-state index contributed by atoms with van der Waals surface area (Å²) in [4.78, 5) is 19.4. The van der Waals surface area contributed by atoms with E-state index in [1.807, 2.05) is 0 Å². The first-order chi connectivity index (χ1) is 6.11. The monoisotopic (exact) mass is 183 g/mol. The van der Waals surface area contributed by atoms with Crippen LogP contribution in [0.15, 0.2) is 12.5 Å². The number of aliphatic hydroxyl groups excluding tert-OH is 1. The number of aliphatic hydroxyl groups is 1. The van der Waals surface area contributed by atoms with Crippen molar-refractivity contribution in [3.63, 3.8) is 0 Å². The lowest BCUT2D eigenvalue weighted by molar-refractivity contribution is 0.0698. The molecule has 1 heterocycles. The summed E-state index contributed by atoms with van der Waals surface area (Å²) in [6, 6.07) is 0. The number of hydrogen-bond donors (Lipinski definition) is 2. The average molecular weight is 183 g/mol. The maximum atomic E-state index is 11.5. The third-order valence-corrected chi connectivity index (χ3v) is 1.61. The van der Waals surface area contributed by atoms with Crippen LogP contribution in [0.2, 0.25) is 0 Å². The lowest BCUT2D eigenvalue weighted by Crippen LogP contribution is -2.33. The highest BCUT2D eigenvalue weighted by atomic mass is 16.3. The second-order valence-electron chi connectivity index (χ2n) is 3.00. The predicted octanol–water partition coefficient (Wildman–Crippen LogP) is -0.138. The molecule has 72 valence electrons. The average Bonchev–Trinajstić information content (AvgIpc) is 2.53. The summed E-state index contributed by atoms with van der Waals surface area (Å²) in [5, 5.41) is 9.05. The van der Waals surface area contributed by atoms with Crippen molar-refractivity contribution in [2.24, 2.45) is 0 Å². The van der Waals surface area contributed by atoms with Crippen LogP contribution in [0, 0.1) is 0 Å². The third kappa shape index (κ3) is 2.55. The fourth-order valence-corrected chi connectivity index (χ4v) is 1.06. The van der Waals surface area contributed by atoms with E-state index in [-0.39, 0.29) is 5.91 Å². The third-order valence-electron chi connectivity index (χ3n) is 1.61. The zero-order chi connectivity index (χ0) is 9.84. The molecule has 5 heteroatoms. The molecule has 1 atom stereocenters. The predicted molar refractivity (Wildman–Crippen MR) is 47.2 cm³/mol. The number of H-pyrrole nitrogens is 1. The molecule has 0 spiro atoms. The standard InChI is InChI=1S/C8H13N3O2/c1-6(12)4-11(2)8(13)7-3-9-5-10-7/h3,5-6,12H,4H2,1-2H3,(H,9,10). The Hall–Kier alpha value is -1.36. The molecule has 1 aromatic heterocycles. The molecule has 2 N–H and O–H groups in total. The summed E-state index contributed by atoms with van der Waals surface area (Å²) in [6.07, 6.45) is 2.39. The summed E-state index contributed by atoms with van der Waals surface area (Å²) in [5.41, 5.74) is 0.433. The lowest BCUT2D eigenvalue weighted by atomic mass is 10.3. The van der Waals surface area contributed by atoms with Gasteiger partial charge in [0.2, 0.25) is 0 Å². The summed E-state index contributed by atoms with van der Waals surface area (Å²) in [5.74, 6) is -0.168. The number of likely N-dealkylation sites (N-methyl/N-ethyl adjacent to an activating group) is 1. The Labute approximate surface area is 76.4 Å². The van der Waals surface area contributed by atoms with Crippen LogP contribution in [0.25, 0.3) is 0 Å². The fraction of sp³-hybridized carbons (Fsp3) is 0.500. The summed E-state index contributed by atoms with van der Waals surface area (Å²) >= 11 is 0. The molecule has 1 amide bonds. The minimum absolute atomic E-state index is 0.168. The van der Waals surface area contributed by atoms with Gasteiger partial charge in [0, 0.05) is 13.6 Å². The molecule has 13 heavy (non-hydrogen) atoms. The van der Waals surface area contributed by atoms with Crippen LogP contribution < -0.4 is 0 Å². The van der Waals surface area contributed by atoms with E-state index in [9.17, 15) is 4.79 Å². The molecular formula is C8H13N3O2. The van der Waals surface area contributed by atoms with Crippen molar-refractivity contribution in [3.05, 3.63) is 18.2 Å². The van der Waals surface area contributed by atoms with Gasteiger partial charge >= 0.3 is 0 Å². The summed E-state index contributed by atoms with van der Waals surface area (Å²) in [7, 11) is 1.63. The molecule has 1 aromatic rings. The maximum Gasteiger partial charge on any atom is 0.271 e. The first-order valence-corrected chi connectivity index (χ1v) is 4.03. The highest BCUT2D eigenvalue weighted by Crippen LogP contribution is 1.98. The van der Waals surface area contributed by atoms with Crippen molar-refractivity contribution in [3.8, 4) is 0 Å². The number of nitrogens with zero attached hydrogens (tertiary/aromatic N) is 2. The van der Waals surface area contributed by atoms with E-state index in [0.717, 1.165) is 0 Å². The number of amides is 1. The molecule has 0 saturated heterocycles. The molecule has 5 nitrogen and oxygen atoms in total. The van der Waals surface area contributed by atoms with Crippen molar-refractivity contribution in [2.45, 2.75) is 13.0 Å². The fourth-order valence-electron chi connectivity index (χ4n) is 1.06. The van der Waals surface area contributed by atoms with E-state index in [2.05, 4.69) is 9.97 Å². The number of imidazole rings is 1. The van der Waals surface area contributed by atoms with Gasteiger partial charge in [0.25, 0.3) is 5.91 Å². The number of rotatable bonds is 3. The molecule has 0 aliphatic carbocycles. The van der Waals surface area contributed by atoms with Gasteiger partial charge in [-0.05, 0) is 6.92 Å². The molecule has 0 aromatic carbocycles. The molecule has 0 aliphatic rings. The van der Waals surface area contributed by atoms with Gasteiger partial charge in [-0.25, -0.2) is 4.98 Å². The number of carbonyl (C=O) groups is 1. The Bertz CT molecular complexity index is 269.